The Morgan fingerprint density at radius 1 is 1.29 bits per heavy atom. The minimum absolute atomic E-state index is 0.301. The first kappa shape index (κ1) is 12.8. The molecule has 0 N–H and O–H groups in total. The van der Waals surface area contributed by atoms with Crippen LogP contribution in [0.4, 0.5) is 0 Å². The zero-order valence-electron chi connectivity index (χ0n) is 9.90. The van der Waals surface area contributed by atoms with E-state index in [1.54, 1.807) is 0 Å². The molecule has 0 amide bonds. The summed E-state index contributed by atoms with van der Waals surface area (Å²) < 4.78 is 16.8. The van der Waals surface area contributed by atoms with Crippen LogP contribution >= 0.6 is 11.6 Å². The topological polar surface area (TPSA) is 27.7 Å². The van der Waals surface area contributed by atoms with Crippen molar-refractivity contribution in [2.75, 3.05) is 19.1 Å². The summed E-state index contributed by atoms with van der Waals surface area (Å²) in [6.45, 7) is 3.57. The summed E-state index contributed by atoms with van der Waals surface area (Å²) in [4.78, 5) is 0. The quantitative estimate of drug-likeness (QED) is 0.775. The first-order chi connectivity index (χ1) is 8.22. The minimum atomic E-state index is -0.390. The Balaban J connectivity index is 1.83. The summed E-state index contributed by atoms with van der Waals surface area (Å²) in [5, 5.41) is 0. The third-order valence-corrected chi connectivity index (χ3v) is 2.96. The van der Waals surface area contributed by atoms with Crippen molar-refractivity contribution in [2.24, 2.45) is 0 Å². The smallest absolute Gasteiger partial charge is 0.171 e. The van der Waals surface area contributed by atoms with Crippen LogP contribution in [0.1, 0.15) is 12.5 Å². The van der Waals surface area contributed by atoms with Crippen molar-refractivity contribution in [2.45, 2.75) is 25.4 Å². The Kier molecular flexibility index (Phi) is 4.40. The molecule has 94 valence electrons. The van der Waals surface area contributed by atoms with Crippen LogP contribution in [-0.2, 0) is 20.8 Å². The lowest BCUT2D eigenvalue weighted by Gasteiger charge is -2.36. The van der Waals surface area contributed by atoms with E-state index in [0.717, 1.165) is 5.56 Å². The molecular formula is C13H17ClO3. The maximum absolute atomic E-state index is 5.86. The zero-order chi connectivity index (χ0) is 12.1. The summed E-state index contributed by atoms with van der Waals surface area (Å²) in [5.74, 6) is 0.356. The number of alkyl halides is 1. The Bertz CT molecular complexity index is 334. The molecule has 1 saturated heterocycles. The molecule has 1 aliphatic rings. The van der Waals surface area contributed by atoms with E-state index in [-0.39, 0.29) is 6.29 Å². The van der Waals surface area contributed by atoms with Crippen molar-refractivity contribution < 1.29 is 14.2 Å². The zero-order valence-corrected chi connectivity index (χ0v) is 10.7. The van der Waals surface area contributed by atoms with Gasteiger partial charge in [0.05, 0.1) is 25.7 Å². The van der Waals surface area contributed by atoms with Gasteiger partial charge < -0.3 is 14.2 Å². The molecule has 4 heteroatoms. The van der Waals surface area contributed by atoms with Crippen molar-refractivity contribution in [3.8, 4) is 0 Å². The van der Waals surface area contributed by atoms with Gasteiger partial charge in [0.25, 0.3) is 0 Å². The molecule has 1 heterocycles. The van der Waals surface area contributed by atoms with Crippen molar-refractivity contribution in [3.05, 3.63) is 35.9 Å². The van der Waals surface area contributed by atoms with Crippen LogP contribution in [0.25, 0.3) is 0 Å². The second-order valence-corrected chi connectivity index (χ2v) is 4.74. The molecule has 0 atom stereocenters. The van der Waals surface area contributed by atoms with Gasteiger partial charge in [-0.1, -0.05) is 30.3 Å². The van der Waals surface area contributed by atoms with E-state index in [9.17, 15) is 0 Å². The van der Waals surface area contributed by atoms with E-state index in [1.165, 1.54) is 0 Å². The van der Waals surface area contributed by atoms with Crippen LogP contribution in [0.15, 0.2) is 30.3 Å². The highest BCUT2D eigenvalue weighted by Crippen LogP contribution is 2.21. The molecule has 0 unspecified atom stereocenters. The maximum atomic E-state index is 5.86. The van der Waals surface area contributed by atoms with Crippen LogP contribution in [-0.4, -0.2) is 31.0 Å². The number of ether oxygens (including phenoxy) is 3. The van der Waals surface area contributed by atoms with Crippen LogP contribution in [0.5, 0.6) is 0 Å². The number of rotatable bonds is 4. The molecule has 1 fully saturated rings. The lowest BCUT2D eigenvalue weighted by atomic mass is 10.1. The number of hydrogen-bond donors (Lipinski definition) is 0. The fourth-order valence-electron chi connectivity index (χ4n) is 1.63. The van der Waals surface area contributed by atoms with Crippen LogP contribution in [0, 0.1) is 0 Å². The first-order valence-corrected chi connectivity index (χ1v) is 6.22. The second kappa shape index (κ2) is 5.83. The molecule has 3 nitrogen and oxygen atoms in total. The maximum Gasteiger partial charge on any atom is 0.171 e. The predicted molar refractivity (Wildman–Crippen MR) is 66.0 cm³/mol. The average molecular weight is 257 g/mol. The van der Waals surface area contributed by atoms with Crippen molar-refractivity contribution in [1.82, 2.24) is 0 Å². The van der Waals surface area contributed by atoms with E-state index < -0.39 is 5.60 Å². The van der Waals surface area contributed by atoms with E-state index in [2.05, 4.69) is 0 Å². The molecule has 0 aliphatic carbocycles. The molecule has 2 rings (SSSR count). The monoisotopic (exact) mass is 256 g/mol. The fourth-order valence-corrected chi connectivity index (χ4v) is 1.81. The summed E-state index contributed by atoms with van der Waals surface area (Å²) >= 11 is 5.66. The highest BCUT2D eigenvalue weighted by molar-refractivity contribution is 6.18. The SMILES string of the molecule is C[C@]1(OCc2ccccc2)CO[C@H](CCl)OC1. The molecule has 0 spiro atoms. The Hall–Kier alpha value is -0.610. The summed E-state index contributed by atoms with van der Waals surface area (Å²) in [5.41, 5.74) is 0.756. The van der Waals surface area contributed by atoms with Gasteiger partial charge in [0.1, 0.15) is 5.60 Å². The highest BCUT2D eigenvalue weighted by atomic mass is 35.5. The van der Waals surface area contributed by atoms with Crippen molar-refractivity contribution in [1.29, 1.82) is 0 Å². The van der Waals surface area contributed by atoms with Gasteiger partial charge in [-0.25, -0.2) is 0 Å². The number of halogens is 1. The summed E-state index contributed by atoms with van der Waals surface area (Å²) in [7, 11) is 0. The molecule has 1 aromatic rings. The predicted octanol–water partition coefficient (Wildman–Crippen LogP) is 2.57. The molecule has 0 radical (unpaired) electrons. The molecule has 0 aromatic heterocycles. The lowest BCUT2D eigenvalue weighted by Crippen LogP contribution is -2.47. The van der Waals surface area contributed by atoms with Gasteiger partial charge in [-0.2, -0.15) is 0 Å². The molecule has 1 aromatic carbocycles. The molecule has 1 aliphatic heterocycles. The van der Waals surface area contributed by atoms with E-state index >= 15 is 0 Å². The Morgan fingerprint density at radius 3 is 2.53 bits per heavy atom. The number of benzene rings is 1. The third kappa shape index (κ3) is 3.68. The molecule has 0 saturated carbocycles. The Morgan fingerprint density at radius 2 is 1.94 bits per heavy atom. The van der Waals surface area contributed by atoms with Gasteiger partial charge in [0.15, 0.2) is 6.29 Å². The molecular weight excluding hydrogens is 240 g/mol. The lowest BCUT2D eigenvalue weighted by molar-refractivity contribution is -0.255. The highest BCUT2D eigenvalue weighted by Gasteiger charge is 2.33. The minimum Gasteiger partial charge on any atom is -0.366 e. The largest absolute Gasteiger partial charge is 0.366 e. The number of hydrogen-bond acceptors (Lipinski definition) is 3. The van der Waals surface area contributed by atoms with Crippen molar-refractivity contribution >= 4 is 11.6 Å². The van der Waals surface area contributed by atoms with Gasteiger partial charge in [0, 0.05) is 0 Å². The summed E-state index contributed by atoms with van der Waals surface area (Å²) in [6.07, 6.45) is -0.301. The van der Waals surface area contributed by atoms with Crippen molar-refractivity contribution in [3.63, 3.8) is 0 Å². The van der Waals surface area contributed by atoms with Gasteiger partial charge in [-0.3, -0.25) is 0 Å². The van der Waals surface area contributed by atoms with Crippen LogP contribution in [0.2, 0.25) is 0 Å². The van der Waals surface area contributed by atoms with E-state index in [4.69, 9.17) is 25.8 Å². The summed E-state index contributed by atoms with van der Waals surface area (Å²) in [6, 6.07) is 10.1. The van der Waals surface area contributed by atoms with E-state index in [0.29, 0.717) is 25.7 Å². The van der Waals surface area contributed by atoms with Crippen LogP contribution in [0.3, 0.4) is 0 Å². The fraction of sp³-hybridized carbons (Fsp3) is 0.538. The van der Waals surface area contributed by atoms with Gasteiger partial charge in [0.2, 0.25) is 0 Å². The first-order valence-electron chi connectivity index (χ1n) is 5.69. The van der Waals surface area contributed by atoms with Gasteiger partial charge in [-0.15, -0.1) is 11.6 Å². The van der Waals surface area contributed by atoms with Gasteiger partial charge in [-0.05, 0) is 12.5 Å². The van der Waals surface area contributed by atoms with Gasteiger partial charge >= 0.3 is 0 Å². The second-order valence-electron chi connectivity index (χ2n) is 4.43. The van der Waals surface area contributed by atoms with E-state index in [1.807, 2.05) is 37.3 Å². The average Bonchev–Trinajstić information content (AvgIpc) is 2.39. The van der Waals surface area contributed by atoms with Crippen LogP contribution < -0.4 is 0 Å². The normalized spacial score (nSPS) is 29.2. The molecule has 0 bridgehead atoms. The third-order valence-electron chi connectivity index (χ3n) is 2.71. The standard InChI is InChI=1S/C13H17ClO3/c1-13(9-15-12(7-14)16-10-13)17-8-11-5-3-2-4-6-11/h2-6,12H,7-10H2,1H3/t12-,13-. The molecule has 17 heavy (non-hydrogen) atoms. The Labute approximate surface area is 107 Å².